The number of hydrogen-bond acceptors (Lipinski definition) is 2. The smallest absolute Gasteiger partial charge is 0.123 e. The van der Waals surface area contributed by atoms with E-state index in [1.165, 1.54) is 23.8 Å². The number of aldehydes is 1. The van der Waals surface area contributed by atoms with Gasteiger partial charge in [0.25, 0.3) is 0 Å². The van der Waals surface area contributed by atoms with Crippen molar-refractivity contribution in [3.05, 3.63) is 29.3 Å². The Balaban J connectivity index is 1.96. The van der Waals surface area contributed by atoms with E-state index in [-0.39, 0.29) is 0 Å². The lowest BCUT2D eigenvalue weighted by Gasteiger charge is -2.30. The average molecular weight is 230 g/mol. The van der Waals surface area contributed by atoms with Crippen LogP contribution in [-0.2, 0) is 17.6 Å². The third-order valence-electron chi connectivity index (χ3n) is 4.57. The maximum Gasteiger partial charge on any atom is 0.123 e. The van der Waals surface area contributed by atoms with Gasteiger partial charge in [-0.3, -0.25) is 0 Å². The van der Waals surface area contributed by atoms with Crippen molar-refractivity contribution in [2.45, 2.75) is 25.7 Å². The highest BCUT2D eigenvalue weighted by Crippen LogP contribution is 2.45. The van der Waals surface area contributed by atoms with Crippen molar-refractivity contribution in [3.63, 3.8) is 0 Å². The molecule has 2 heteroatoms. The lowest BCUT2D eigenvalue weighted by molar-refractivity contribution is -0.112. The highest BCUT2D eigenvalue weighted by molar-refractivity contribution is 5.56. The fourth-order valence-corrected chi connectivity index (χ4v) is 3.67. The van der Waals surface area contributed by atoms with E-state index in [2.05, 4.69) is 12.1 Å². The number of benzene rings is 1. The minimum absolute atomic E-state index is 0.291. The van der Waals surface area contributed by atoms with E-state index in [1.807, 2.05) is 6.07 Å². The van der Waals surface area contributed by atoms with Gasteiger partial charge in [-0.2, -0.15) is 0 Å². The predicted octanol–water partition coefficient (Wildman–Crippen LogP) is 2.64. The Morgan fingerprint density at radius 2 is 2.18 bits per heavy atom. The van der Waals surface area contributed by atoms with Gasteiger partial charge < -0.3 is 9.53 Å². The summed E-state index contributed by atoms with van der Waals surface area (Å²) in [6, 6.07) is 6.29. The highest BCUT2D eigenvalue weighted by atomic mass is 16.5. The summed E-state index contributed by atoms with van der Waals surface area (Å²) in [6.07, 6.45) is 5.60. The fraction of sp³-hybridized carbons (Fsp3) is 0.533. The van der Waals surface area contributed by atoms with Crippen LogP contribution >= 0.6 is 0 Å². The minimum atomic E-state index is 0.291. The molecule has 0 amide bonds. The molecule has 0 heterocycles. The van der Waals surface area contributed by atoms with Crippen molar-refractivity contribution in [2.24, 2.45) is 17.8 Å². The quantitative estimate of drug-likeness (QED) is 0.730. The Morgan fingerprint density at radius 1 is 1.29 bits per heavy atom. The van der Waals surface area contributed by atoms with Crippen LogP contribution in [0.2, 0.25) is 0 Å². The Hall–Kier alpha value is -1.31. The maximum absolute atomic E-state index is 11.1. The first-order chi connectivity index (χ1) is 8.33. The summed E-state index contributed by atoms with van der Waals surface area (Å²) in [5.74, 6) is 2.58. The van der Waals surface area contributed by atoms with Gasteiger partial charge in [0.2, 0.25) is 0 Å². The zero-order chi connectivity index (χ0) is 11.8. The second-order valence-electron chi connectivity index (χ2n) is 5.31. The molecule has 1 aromatic carbocycles. The van der Waals surface area contributed by atoms with Gasteiger partial charge in [0, 0.05) is 5.92 Å². The van der Waals surface area contributed by atoms with Crippen molar-refractivity contribution in [2.75, 3.05) is 7.11 Å². The molecule has 0 unspecified atom stereocenters. The summed E-state index contributed by atoms with van der Waals surface area (Å²) < 4.78 is 5.44. The van der Waals surface area contributed by atoms with Crippen LogP contribution in [0.1, 0.15) is 24.0 Å². The number of ether oxygens (including phenoxy) is 1. The average Bonchev–Trinajstić information content (AvgIpc) is 2.77. The molecule has 0 spiro atoms. The molecule has 2 nitrogen and oxygen atoms in total. The van der Waals surface area contributed by atoms with Crippen LogP contribution in [0.5, 0.6) is 5.75 Å². The van der Waals surface area contributed by atoms with Gasteiger partial charge in [-0.05, 0) is 54.7 Å². The molecule has 17 heavy (non-hydrogen) atoms. The molecule has 90 valence electrons. The molecular formula is C15H18O2. The Bertz CT molecular complexity index is 439. The van der Waals surface area contributed by atoms with Gasteiger partial charge in [-0.15, -0.1) is 0 Å². The van der Waals surface area contributed by atoms with Crippen molar-refractivity contribution < 1.29 is 9.53 Å². The van der Waals surface area contributed by atoms with E-state index in [0.717, 1.165) is 25.0 Å². The zero-order valence-electron chi connectivity index (χ0n) is 10.2. The van der Waals surface area contributed by atoms with Crippen LogP contribution in [0.3, 0.4) is 0 Å². The SMILES string of the molecule is COc1cccc2c1C[C@H]1CC[C@H](C=O)[C@H]1C2. The maximum atomic E-state index is 11.1. The standard InChI is InChI=1S/C15H18O2/c1-17-15-4-2-3-10-7-13-11(8-14(10)15)5-6-12(13)9-16/h2-4,9,11-13H,5-8H2,1H3/t11-,12-,13+/m1/s1. The number of methoxy groups -OCH3 is 1. The Morgan fingerprint density at radius 3 is 2.94 bits per heavy atom. The van der Waals surface area contributed by atoms with Crippen LogP contribution in [0, 0.1) is 17.8 Å². The molecule has 1 aromatic rings. The predicted molar refractivity (Wildman–Crippen MR) is 66.2 cm³/mol. The molecule has 3 rings (SSSR count). The van der Waals surface area contributed by atoms with Crippen LogP contribution in [0.4, 0.5) is 0 Å². The largest absolute Gasteiger partial charge is 0.496 e. The summed E-state index contributed by atoms with van der Waals surface area (Å²) in [7, 11) is 1.74. The molecule has 0 N–H and O–H groups in total. The topological polar surface area (TPSA) is 26.3 Å². The third-order valence-corrected chi connectivity index (χ3v) is 4.57. The first-order valence-corrected chi connectivity index (χ1v) is 6.43. The van der Waals surface area contributed by atoms with Gasteiger partial charge >= 0.3 is 0 Å². The number of rotatable bonds is 2. The van der Waals surface area contributed by atoms with Crippen LogP contribution in [0.25, 0.3) is 0 Å². The minimum Gasteiger partial charge on any atom is -0.496 e. The lowest BCUT2D eigenvalue weighted by atomic mass is 9.75. The Labute approximate surface area is 102 Å². The van der Waals surface area contributed by atoms with Gasteiger partial charge in [0.05, 0.1) is 7.11 Å². The Kier molecular flexibility index (Phi) is 2.65. The van der Waals surface area contributed by atoms with E-state index in [1.54, 1.807) is 7.11 Å². The van der Waals surface area contributed by atoms with E-state index in [0.29, 0.717) is 17.8 Å². The van der Waals surface area contributed by atoms with Crippen LogP contribution in [0.15, 0.2) is 18.2 Å². The van der Waals surface area contributed by atoms with Crippen molar-refractivity contribution >= 4 is 6.29 Å². The number of carbonyl (C=O) groups excluding carboxylic acids is 1. The summed E-state index contributed by atoms with van der Waals surface area (Å²) in [5, 5.41) is 0. The fourth-order valence-electron chi connectivity index (χ4n) is 3.67. The summed E-state index contributed by atoms with van der Waals surface area (Å²) in [5.41, 5.74) is 2.77. The van der Waals surface area contributed by atoms with Gasteiger partial charge in [-0.25, -0.2) is 0 Å². The number of hydrogen-bond donors (Lipinski definition) is 0. The first-order valence-electron chi connectivity index (χ1n) is 6.43. The molecule has 0 aromatic heterocycles. The van der Waals surface area contributed by atoms with Crippen molar-refractivity contribution in [3.8, 4) is 5.75 Å². The summed E-state index contributed by atoms with van der Waals surface area (Å²) in [6.45, 7) is 0. The second-order valence-corrected chi connectivity index (χ2v) is 5.31. The van der Waals surface area contributed by atoms with Crippen molar-refractivity contribution in [1.82, 2.24) is 0 Å². The summed E-state index contributed by atoms with van der Waals surface area (Å²) >= 11 is 0. The highest BCUT2D eigenvalue weighted by Gasteiger charge is 2.39. The van der Waals surface area contributed by atoms with E-state index in [9.17, 15) is 4.79 Å². The number of carbonyl (C=O) groups is 1. The van der Waals surface area contributed by atoms with Crippen LogP contribution in [-0.4, -0.2) is 13.4 Å². The van der Waals surface area contributed by atoms with Gasteiger partial charge in [-0.1, -0.05) is 12.1 Å². The van der Waals surface area contributed by atoms with E-state index < -0.39 is 0 Å². The third kappa shape index (κ3) is 1.67. The molecule has 2 aliphatic carbocycles. The van der Waals surface area contributed by atoms with E-state index in [4.69, 9.17) is 4.74 Å². The molecule has 0 aliphatic heterocycles. The van der Waals surface area contributed by atoms with E-state index >= 15 is 0 Å². The number of fused-ring (bicyclic) bond motifs is 2. The molecular weight excluding hydrogens is 212 g/mol. The zero-order valence-corrected chi connectivity index (χ0v) is 10.2. The first kappa shape index (κ1) is 10.8. The van der Waals surface area contributed by atoms with Crippen molar-refractivity contribution in [1.29, 1.82) is 0 Å². The van der Waals surface area contributed by atoms with Crippen LogP contribution < -0.4 is 4.74 Å². The molecule has 2 aliphatic rings. The molecule has 1 saturated carbocycles. The molecule has 0 saturated heterocycles. The second kappa shape index (κ2) is 4.17. The van der Waals surface area contributed by atoms with Gasteiger partial charge in [0.1, 0.15) is 12.0 Å². The molecule has 3 atom stereocenters. The molecule has 1 fully saturated rings. The molecule has 0 radical (unpaired) electrons. The normalized spacial score (nSPS) is 30.5. The monoisotopic (exact) mass is 230 g/mol. The summed E-state index contributed by atoms with van der Waals surface area (Å²) in [4.78, 5) is 11.1. The molecule has 0 bridgehead atoms. The lowest BCUT2D eigenvalue weighted by Crippen LogP contribution is -2.25. The van der Waals surface area contributed by atoms with Gasteiger partial charge in [0.15, 0.2) is 0 Å².